The van der Waals surface area contributed by atoms with Crippen molar-refractivity contribution in [1.82, 2.24) is 14.7 Å². The third-order valence-corrected chi connectivity index (χ3v) is 4.29. The zero-order valence-electron chi connectivity index (χ0n) is 11.4. The average Bonchev–Trinajstić information content (AvgIpc) is 2.80. The standard InChI is InChI=1S/C13H21N3S2/c1-9(2)7-14-8-11-12(18-10(3)4)15-13-16(11)5-6-17-13/h5-6,9-10,14H,7-8H2,1-4H3. The van der Waals surface area contributed by atoms with E-state index in [1.54, 1.807) is 11.3 Å². The quantitative estimate of drug-likeness (QED) is 0.821. The molecule has 0 saturated heterocycles. The highest BCUT2D eigenvalue weighted by molar-refractivity contribution is 7.99. The van der Waals surface area contributed by atoms with E-state index in [0.29, 0.717) is 11.2 Å². The van der Waals surface area contributed by atoms with Crippen molar-refractivity contribution in [3.63, 3.8) is 0 Å². The van der Waals surface area contributed by atoms with Gasteiger partial charge in [0, 0.05) is 23.4 Å². The van der Waals surface area contributed by atoms with Crippen LogP contribution >= 0.6 is 23.1 Å². The van der Waals surface area contributed by atoms with E-state index < -0.39 is 0 Å². The molecule has 0 bridgehead atoms. The van der Waals surface area contributed by atoms with Crippen molar-refractivity contribution in [3.8, 4) is 0 Å². The summed E-state index contributed by atoms with van der Waals surface area (Å²) in [7, 11) is 0. The highest BCUT2D eigenvalue weighted by Crippen LogP contribution is 2.28. The predicted octanol–water partition coefficient (Wildman–Crippen LogP) is 3.64. The number of nitrogens with zero attached hydrogens (tertiary/aromatic N) is 2. The summed E-state index contributed by atoms with van der Waals surface area (Å²) in [6, 6.07) is 0. The smallest absolute Gasteiger partial charge is 0.194 e. The SMILES string of the molecule is CC(C)CNCc1c(SC(C)C)nc2sccn12. The van der Waals surface area contributed by atoms with E-state index in [-0.39, 0.29) is 0 Å². The molecule has 2 aromatic heterocycles. The molecule has 0 atom stereocenters. The van der Waals surface area contributed by atoms with Crippen LogP contribution in [0.1, 0.15) is 33.4 Å². The first kappa shape index (κ1) is 13.9. The van der Waals surface area contributed by atoms with Gasteiger partial charge in [-0.15, -0.1) is 23.1 Å². The van der Waals surface area contributed by atoms with Crippen molar-refractivity contribution in [2.24, 2.45) is 5.92 Å². The number of thioether (sulfide) groups is 1. The van der Waals surface area contributed by atoms with Gasteiger partial charge >= 0.3 is 0 Å². The molecule has 5 heteroatoms. The van der Waals surface area contributed by atoms with Crippen LogP contribution in [0.5, 0.6) is 0 Å². The molecule has 0 fully saturated rings. The van der Waals surface area contributed by atoms with Crippen LogP contribution in [0, 0.1) is 5.92 Å². The monoisotopic (exact) mass is 283 g/mol. The molecule has 100 valence electrons. The van der Waals surface area contributed by atoms with Gasteiger partial charge in [0.25, 0.3) is 0 Å². The maximum atomic E-state index is 4.72. The fraction of sp³-hybridized carbons (Fsp3) is 0.615. The molecule has 2 aromatic rings. The first-order valence-electron chi connectivity index (χ1n) is 6.39. The molecule has 0 unspecified atom stereocenters. The Morgan fingerprint density at radius 2 is 2.17 bits per heavy atom. The number of imidazole rings is 1. The van der Waals surface area contributed by atoms with E-state index in [1.807, 2.05) is 11.8 Å². The minimum atomic E-state index is 0.568. The Kier molecular flexibility index (Phi) is 4.70. The van der Waals surface area contributed by atoms with E-state index in [2.05, 4.69) is 49.0 Å². The summed E-state index contributed by atoms with van der Waals surface area (Å²) in [4.78, 5) is 5.81. The van der Waals surface area contributed by atoms with Gasteiger partial charge in [-0.2, -0.15) is 0 Å². The molecule has 0 aliphatic carbocycles. The van der Waals surface area contributed by atoms with Crippen molar-refractivity contribution in [2.75, 3.05) is 6.54 Å². The van der Waals surface area contributed by atoms with Gasteiger partial charge in [-0.1, -0.05) is 27.7 Å². The van der Waals surface area contributed by atoms with Crippen LogP contribution in [0.15, 0.2) is 16.6 Å². The van der Waals surface area contributed by atoms with Crippen LogP contribution in [-0.4, -0.2) is 21.2 Å². The van der Waals surface area contributed by atoms with Gasteiger partial charge in [-0.05, 0) is 12.5 Å². The number of rotatable bonds is 6. The van der Waals surface area contributed by atoms with Crippen molar-refractivity contribution in [2.45, 2.75) is 44.5 Å². The number of hydrogen-bond acceptors (Lipinski definition) is 4. The van der Waals surface area contributed by atoms with E-state index >= 15 is 0 Å². The second kappa shape index (κ2) is 6.08. The summed E-state index contributed by atoms with van der Waals surface area (Å²) in [5.74, 6) is 0.678. The normalized spacial score (nSPS) is 12.1. The summed E-state index contributed by atoms with van der Waals surface area (Å²) in [5.41, 5.74) is 1.30. The van der Waals surface area contributed by atoms with E-state index in [4.69, 9.17) is 4.98 Å². The van der Waals surface area contributed by atoms with Gasteiger partial charge in [0.15, 0.2) is 4.96 Å². The van der Waals surface area contributed by atoms with Crippen molar-refractivity contribution in [3.05, 3.63) is 17.3 Å². The Morgan fingerprint density at radius 3 is 2.83 bits per heavy atom. The van der Waals surface area contributed by atoms with E-state index in [0.717, 1.165) is 18.1 Å². The second-order valence-electron chi connectivity index (χ2n) is 5.11. The van der Waals surface area contributed by atoms with Crippen LogP contribution in [0.2, 0.25) is 0 Å². The summed E-state index contributed by atoms with van der Waals surface area (Å²) in [5, 5.41) is 7.35. The molecule has 0 aliphatic rings. The predicted molar refractivity (Wildman–Crippen MR) is 80.6 cm³/mol. The minimum Gasteiger partial charge on any atom is -0.311 e. The third kappa shape index (κ3) is 3.28. The average molecular weight is 283 g/mol. The fourth-order valence-electron chi connectivity index (χ4n) is 1.77. The Balaban J connectivity index is 2.18. The van der Waals surface area contributed by atoms with Gasteiger partial charge in [0.05, 0.1) is 5.69 Å². The molecule has 3 nitrogen and oxygen atoms in total. The Bertz CT molecular complexity index is 499. The van der Waals surface area contributed by atoms with Gasteiger partial charge < -0.3 is 5.32 Å². The van der Waals surface area contributed by atoms with Gasteiger partial charge in [-0.3, -0.25) is 4.40 Å². The molecule has 0 aliphatic heterocycles. The number of thiazole rings is 1. The topological polar surface area (TPSA) is 29.3 Å². The third-order valence-electron chi connectivity index (χ3n) is 2.52. The summed E-state index contributed by atoms with van der Waals surface area (Å²) in [6.45, 7) is 10.8. The first-order valence-corrected chi connectivity index (χ1v) is 8.15. The lowest BCUT2D eigenvalue weighted by Gasteiger charge is -2.09. The maximum absolute atomic E-state index is 4.72. The molecular weight excluding hydrogens is 262 g/mol. The summed E-state index contributed by atoms with van der Waals surface area (Å²) in [6.07, 6.45) is 2.11. The molecule has 0 spiro atoms. The van der Waals surface area contributed by atoms with Crippen LogP contribution in [0.3, 0.4) is 0 Å². The lowest BCUT2D eigenvalue weighted by atomic mass is 10.2. The van der Waals surface area contributed by atoms with Crippen molar-refractivity contribution in [1.29, 1.82) is 0 Å². The Labute approximate surface area is 117 Å². The molecule has 0 saturated carbocycles. The number of nitrogens with one attached hydrogen (secondary N) is 1. The van der Waals surface area contributed by atoms with Gasteiger partial charge in [-0.25, -0.2) is 4.98 Å². The van der Waals surface area contributed by atoms with Crippen molar-refractivity contribution < 1.29 is 0 Å². The van der Waals surface area contributed by atoms with E-state index in [9.17, 15) is 0 Å². The molecule has 18 heavy (non-hydrogen) atoms. The molecule has 2 heterocycles. The zero-order chi connectivity index (χ0) is 13.1. The first-order chi connectivity index (χ1) is 8.58. The van der Waals surface area contributed by atoms with Crippen LogP contribution in [0.4, 0.5) is 0 Å². The summed E-state index contributed by atoms with van der Waals surface area (Å²) >= 11 is 3.55. The molecule has 0 amide bonds. The molecule has 1 N–H and O–H groups in total. The lowest BCUT2D eigenvalue weighted by molar-refractivity contribution is 0.544. The zero-order valence-corrected chi connectivity index (χ0v) is 13.1. The highest BCUT2D eigenvalue weighted by Gasteiger charge is 2.14. The number of hydrogen-bond donors (Lipinski definition) is 1. The Hall–Kier alpha value is -0.520. The van der Waals surface area contributed by atoms with Crippen LogP contribution in [-0.2, 0) is 6.54 Å². The highest BCUT2D eigenvalue weighted by atomic mass is 32.2. The van der Waals surface area contributed by atoms with Gasteiger partial charge in [0.2, 0.25) is 0 Å². The Morgan fingerprint density at radius 1 is 1.39 bits per heavy atom. The molecule has 2 rings (SSSR count). The fourth-order valence-corrected chi connectivity index (χ4v) is 3.45. The van der Waals surface area contributed by atoms with Crippen LogP contribution < -0.4 is 5.32 Å². The number of fused-ring (bicyclic) bond motifs is 1. The minimum absolute atomic E-state index is 0.568. The molecular formula is C13H21N3S2. The number of aromatic nitrogens is 2. The second-order valence-corrected chi connectivity index (χ2v) is 7.55. The summed E-state index contributed by atoms with van der Waals surface area (Å²) < 4.78 is 2.21. The van der Waals surface area contributed by atoms with Gasteiger partial charge in [0.1, 0.15) is 5.03 Å². The maximum Gasteiger partial charge on any atom is 0.194 e. The molecule has 0 aromatic carbocycles. The van der Waals surface area contributed by atoms with Crippen LogP contribution in [0.25, 0.3) is 4.96 Å². The molecule has 0 radical (unpaired) electrons. The van der Waals surface area contributed by atoms with E-state index in [1.165, 1.54) is 10.7 Å². The van der Waals surface area contributed by atoms with Crippen molar-refractivity contribution >= 4 is 28.1 Å². The lowest BCUT2D eigenvalue weighted by Crippen LogP contribution is -2.20. The largest absolute Gasteiger partial charge is 0.311 e.